The average molecular weight is 228 g/mol. The van der Waals surface area contributed by atoms with Crippen LogP contribution in [0.15, 0.2) is 0 Å². The Kier molecular flexibility index (Phi) is 9.30. The standard InChI is InChI=1S/C13H28N2O/c1-5-7-9-12(8-6-2)15-11(3)10-13(16)14-4/h11-12,15H,5-10H2,1-4H3,(H,14,16). The largest absolute Gasteiger partial charge is 0.359 e. The van der Waals surface area contributed by atoms with Gasteiger partial charge < -0.3 is 10.6 Å². The van der Waals surface area contributed by atoms with E-state index in [1.165, 1.54) is 32.1 Å². The zero-order valence-electron chi connectivity index (χ0n) is 11.3. The van der Waals surface area contributed by atoms with E-state index in [0.717, 1.165) is 0 Å². The molecule has 2 unspecified atom stereocenters. The Labute approximate surface area is 100 Å². The molecular weight excluding hydrogens is 200 g/mol. The first-order valence-corrected chi connectivity index (χ1v) is 6.60. The molecule has 3 heteroatoms. The molecule has 2 atom stereocenters. The minimum atomic E-state index is 0.116. The summed E-state index contributed by atoms with van der Waals surface area (Å²) in [6.07, 6.45) is 6.72. The maximum absolute atomic E-state index is 11.2. The van der Waals surface area contributed by atoms with Crippen molar-refractivity contribution in [3.63, 3.8) is 0 Å². The summed E-state index contributed by atoms with van der Waals surface area (Å²) in [6.45, 7) is 6.52. The van der Waals surface area contributed by atoms with Gasteiger partial charge in [0.15, 0.2) is 0 Å². The van der Waals surface area contributed by atoms with Crippen molar-refractivity contribution in [2.24, 2.45) is 0 Å². The van der Waals surface area contributed by atoms with Crippen molar-refractivity contribution in [1.29, 1.82) is 0 Å². The van der Waals surface area contributed by atoms with Crippen molar-refractivity contribution in [2.45, 2.75) is 71.4 Å². The highest BCUT2D eigenvalue weighted by Gasteiger charge is 2.13. The van der Waals surface area contributed by atoms with Gasteiger partial charge in [-0.2, -0.15) is 0 Å². The monoisotopic (exact) mass is 228 g/mol. The minimum absolute atomic E-state index is 0.116. The predicted molar refractivity (Wildman–Crippen MR) is 69.5 cm³/mol. The van der Waals surface area contributed by atoms with Crippen molar-refractivity contribution in [1.82, 2.24) is 10.6 Å². The van der Waals surface area contributed by atoms with Gasteiger partial charge in [0, 0.05) is 25.6 Å². The summed E-state index contributed by atoms with van der Waals surface area (Å²) in [5, 5.41) is 6.22. The van der Waals surface area contributed by atoms with Gasteiger partial charge in [0.1, 0.15) is 0 Å². The summed E-state index contributed by atoms with van der Waals surface area (Å²) in [7, 11) is 1.69. The van der Waals surface area contributed by atoms with Crippen LogP contribution in [0, 0.1) is 0 Å². The molecule has 0 bridgehead atoms. The molecule has 0 spiro atoms. The molecule has 0 aromatic carbocycles. The SMILES string of the molecule is CCCCC(CCC)NC(C)CC(=O)NC. The van der Waals surface area contributed by atoms with Crippen LogP contribution in [-0.4, -0.2) is 25.0 Å². The minimum Gasteiger partial charge on any atom is -0.359 e. The van der Waals surface area contributed by atoms with Crippen molar-refractivity contribution >= 4 is 5.91 Å². The van der Waals surface area contributed by atoms with Gasteiger partial charge >= 0.3 is 0 Å². The van der Waals surface area contributed by atoms with Crippen LogP contribution in [0.3, 0.4) is 0 Å². The van der Waals surface area contributed by atoms with Gasteiger partial charge in [0.2, 0.25) is 5.91 Å². The van der Waals surface area contributed by atoms with E-state index in [-0.39, 0.29) is 11.9 Å². The van der Waals surface area contributed by atoms with Crippen molar-refractivity contribution < 1.29 is 4.79 Å². The molecule has 2 N–H and O–H groups in total. The van der Waals surface area contributed by atoms with Crippen LogP contribution in [0.25, 0.3) is 0 Å². The number of hydrogen-bond acceptors (Lipinski definition) is 2. The molecule has 0 aliphatic carbocycles. The van der Waals surface area contributed by atoms with Crippen LogP contribution in [0.4, 0.5) is 0 Å². The van der Waals surface area contributed by atoms with E-state index in [4.69, 9.17) is 0 Å². The Morgan fingerprint density at radius 1 is 1.19 bits per heavy atom. The van der Waals surface area contributed by atoms with E-state index in [2.05, 4.69) is 31.4 Å². The molecule has 0 aromatic heterocycles. The second-order valence-corrected chi connectivity index (χ2v) is 4.57. The van der Waals surface area contributed by atoms with Gasteiger partial charge in [0.05, 0.1) is 0 Å². The first kappa shape index (κ1) is 15.4. The van der Waals surface area contributed by atoms with E-state index >= 15 is 0 Å². The topological polar surface area (TPSA) is 41.1 Å². The quantitative estimate of drug-likeness (QED) is 0.636. The molecule has 1 amide bonds. The summed E-state index contributed by atoms with van der Waals surface area (Å²) in [4.78, 5) is 11.2. The van der Waals surface area contributed by atoms with Gasteiger partial charge in [-0.05, 0) is 19.8 Å². The van der Waals surface area contributed by atoms with E-state index in [1.54, 1.807) is 7.05 Å². The highest BCUT2D eigenvalue weighted by molar-refractivity contribution is 5.76. The van der Waals surface area contributed by atoms with Crippen LogP contribution < -0.4 is 10.6 Å². The average Bonchev–Trinajstić information content (AvgIpc) is 2.25. The number of rotatable bonds is 9. The third-order valence-corrected chi connectivity index (χ3v) is 2.83. The van der Waals surface area contributed by atoms with E-state index in [9.17, 15) is 4.79 Å². The summed E-state index contributed by atoms with van der Waals surface area (Å²) in [6, 6.07) is 0.845. The maximum Gasteiger partial charge on any atom is 0.221 e. The molecule has 0 heterocycles. The zero-order chi connectivity index (χ0) is 12.4. The molecular formula is C13H28N2O. The zero-order valence-corrected chi connectivity index (χ0v) is 11.3. The van der Waals surface area contributed by atoms with Crippen LogP contribution in [0.2, 0.25) is 0 Å². The lowest BCUT2D eigenvalue weighted by Gasteiger charge is -2.22. The molecule has 0 fully saturated rings. The number of carbonyl (C=O) groups excluding carboxylic acids is 1. The smallest absolute Gasteiger partial charge is 0.221 e. The van der Waals surface area contributed by atoms with E-state index < -0.39 is 0 Å². The number of carbonyl (C=O) groups is 1. The molecule has 0 aromatic rings. The van der Waals surface area contributed by atoms with Gasteiger partial charge in [-0.3, -0.25) is 4.79 Å². The number of unbranched alkanes of at least 4 members (excludes halogenated alkanes) is 1. The summed E-state index contributed by atoms with van der Waals surface area (Å²) in [5.41, 5.74) is 0. The van der Waals surface area contributed by atoms with E-state index in [0.29, 0.717) is 12.5 Å². The fraction of sp³-hybridized carbons (Fsp3) is 0.923. The molecule has 96 valence electrons. The summed E-state index contributed by atoms with van der Waals surface area (Å²) >= 11 is 0. The molecule has 0 aliphatic heterocycles. The maximum atomic E-state index is 11.2. The van der Waals surface area contributed by atoms with Gasteiger partial charge in [0.25, 0.3) is 0 Å². The van der Waals surface area contributed by atoms with Gasteiger partial charge in [-0.25, -0.2) is 0 Å². The normalized spacial score (nSPS) is 14.5. The number of hydrogen-bond donors (Lipinski definition) is 2. The molecule has 0 saturated carbocycles. The lowest BCUT2D eigenvalue weighted by Crippen LogP contribution is -2.39. The van der Waals surface area contributed by atoms with Gasteiger partial charge in [-0.1, -0.05) is 33.1 Å². The van der Waals surface area contributed by atoms with E-state index in [1.807, 2.05) is 0 Å². The second kappa shape index (κ2) is 9.64. The van der Waals surface area contributed by atoms with Crippen LogP contribution in [-0.2, 0) is 4.79 Å². The molecule has 16 heavy (non-hydrogen) atoms. The Morgan fingerprint density at radius 2 is 1.88 bits per heavy atom. The van der Waals surface area contributed by atoms with Crippen LogP contribution >= 0.6 is 0 Å². The van der Waals surface area contributed by atoms with Crippen molar-refractivity contribution in [3.8, 4) is 0 Å². The lowest BCUT2D eigenvalue weighted by atomic mass is 10.0. The second-order valence-electron chi connectivity index (χ2n) is 4.57. The van der Waals surface area contributed by atoms with Gasteiger partial charge in [-0.15, -0.1) is 0 Å². The third-order valence-electron chi connectivity index (χ3n) is 2.83. The summed E-state index contributed by atoms with van der Waals surface area (Å²) in [5.74, 6) is 0.116. The molecule has 3 nitrogen and oxygen atoms in total. The Balaban J connectivity index is 3.91. The lowest BCUT2D eigenvalue weighted by molar-refractivity contribution is -0.121. The first-order chi connectivity index (χ1) is 7.63. The number of nitrogens with one attached hydrogen (secondary N) is 2. The van der Waals surface area contributed by atoms with Crippen LogP contribution in [0.5, 0.6) is 0 Å². The van der Waals surface area contributed by atoms with Crippen molar-refractivity contribution in [3.05, 3.63) is 0 Å². The Bertz CT molecular complexity index is 183. The molecule has 0 saturated heterocycles. The Hall–Kier alpha value is -0.570. The molecule has 0 aliphatic rings. The number of amides is 1. The third kappa shape index (κ3) is 7.69. The highest BCUT2D eigenvalue weighted by atomic mass is 16.1. The first-order valence-electron chi connectivity index (χ1n) is 6.60. The Morgan fingerprint density at radius 3 is 2.38 bits per heavy atom. The predicted octanol–water partition coefficient (Wildman–Crippen LogP) is 2.46. The van der Waals surface area contributed by atoms with Crippen molar-refractivity contribution in [2.75, 3.05) is 7.05 Å². The molecule has 0 radical (unpaired) electrons. The highest BCUT2D eigenvalue weighted by Crippen LogP contribution is 2.08. The fourth-order valence-corrected chi connectivity index (χ4v) is 1.95. The summed E-state index contributed by atoms with van der Waals surface area (Å²) < 4.78 is 0. The molecule has 0 rings (SSSR count). The fourth-order valence-electron chi connectivity index (χ4n) is 1.95. The van der Waals surface area contributed by atoms with Crippen LogP contribution in [0.1, 0.15) is 59.3 Å².